The molecule has 3 amide bonds. The number of aryl methyl sites for hydroxylation is 1. The van der Waals surface area contributed by atoms with Crippen LogP contribution in [0.3, 0.4) is 0 Å². The lowest BCUT2D eigenvalue weighted by atomic mass is 9.98. The molecule has 0 bridgehead atoms. The van der Waals surface area contributed by atoms with E-state index in [1.165, 1.54) is 16.7 Å². The molecule has 0 aliphatic carbocycles. The van der Waals surface area contributed by atoms with Crippen molar-refractivity contribution >= 4 is 35.1 Å². The molecule has 0 fully saturated rings. The minimum absolute atomic E-state index is 0.170. The summed E-state index contributed by atoms with van der Waals surface area (Å²) in [4.78, 5) is 28.5. The zero-order valence-electron chi connectivity index (χ0n) is 21.2. The molecule has 3 aromatic rings. The first-order valence-corrected chi connectivity index (χ1v) is 13.2. The molecule has 1 aliphatic rings. The van der Waals surface area contributed by atoms with Crippen molar-refractivity contribution < 1.29 is 35.9 Å². The van der Waals surface area contributed by atoms with Crippen molar-refractivity contribution in [1.29, 1.82) is 0 Å². The molecule has 12 heteroatoms. The number of alkyl halides is 6. The number of unbranched alkanes of at least 4 members (excludes halogenated alkanes) is 2. The molecular weight excluding hydrogens is 556 g/mol. The maximum atomic E-state index is 13.2. The number of urea groups is 1. The fourth-order valence-electron chi connectivity index (χ4n) is 4.33. The van der Waals surface area contributed by atoms with Crippen molar-refractivity contribution in [3.8, 4) is 0 Å². The Labute approximate surface area is 230 Å². The highest BCUT2D eigenvalue weighted by molar-refractivity contribution is 7.99. The van der Waals surface area contributed by atoms with Crippen molar-refractivity contribution in [3.63, 3.8) is 0 Å². The van der Waals surface area contributed by atoms with Crippen LogP contribution in [0.15, 0.2) is 70.5 Å². The van der Waals surface area contributed by atoms with Crippen LogP contribution < -0.4 is 15.5 Å². The molecule has 0 saturated carbocycles. The van der Waals surface area contributed by atoms with Gasteiger partial charge < -0.3 is 15.5 Å². The predicted octanol–water partition coefficient (Wildman–Crippen LogP) is 8.00. The van der Waals surface area contributed by atoms with Crippen LogP contribution in [0.4, 0.5) is 42.5 Å². The smallest absolute Gasteiger partial charge is 0.338 e. The Hall–Kier alpha value is -3.67. The van der Waals surface area contributed by atoms with Gasteiger partial charge in [-0.2, -0.15) is 26.3 Å². The SMILES string of the molecule is CN1C(=O)c2ccccc2Sc2ccc(NC(=O)NCCCCCc3cc(C(F)(F)F)ccc3C(F)(F)F)cc21. The van der Waals surface area contributed by atoms with E-state index in [1.807, 2.05) is 18.2 Å². The van der Waals surface area contributed by atoms with E-state index in [1.54, 1.807) is 31.3 Å². The van der Waals surface area contributed by atoms with Crippen LogP contribution in [-0.2, 0) is 18.8 Å². The number of benzene rings is 3. The molecule has 0 atom stereocenters. The minimum atomic E-state index is -4.75. The molecule has 0 spiro atoms. The quantitative estimate of drug-likeness (QED) is 0.220. The number of carbonyl (C=O) groups is 2. The number of carbonyl (C=O) groups excluding carboxylic acids is 2. The van der Waals surface area contributed by atoms with Gasteiger partial charge in [0.15, 0.2) is 0 Å². The Balaban J connectivity index is 1.28. The maximum absolute atomic E-state index is 13.2. The van der Waals surface area contributed by atoms with Crippen molar-refractivity contribution in [2.24, 2.45) is 0 Å². The first kappa shape index (κ1) is 29.3. The number of halogens is 6. The molecule has 40 heavy (non-hydrogen) atoms. The summed E-state index contributed by atoms with van der Waals surface area (Å²) < 4.78 is 78.6. The van der Waals surface area contributed by atoms with E-state index in [4.69, 9.17) is 0 Å². The molecule has 3 aromatic carbocycles. The van der Waals surface area contributed by atoms with Gasteiger partial charge in [0.2, 0.25) is 0 Å². The lowest BCUT2D eigenvalue weighted by molar-refractivity contribution is -0.141. The summed E-state index contributed by atoms with van der Waals surface area (Å²) in [5.74, 6) is -0.170. The van der Waals surface area contributed by atoms with Gasteiger partial charge in [-0.25, -0.2) is 4.79 Å². The summed E-state index contributed by atoms with van der Waals surface area (Å²) in [5.41, 5.74) is -0.913. The first-order chi connectivity index (χ1) is 18.8. The van der Waals surface area contributed by atoms with Crippen molar-refractivity contribution in [3.05, 3.63) is 82.9 Å². The highest BCUT2D eigenvalue weighted by Gasteiger charge is 2.36. The van der Waals surface area contributed by atoms with E-state index in [-0.39, 0.29) is 25.3 Å². The molecule has 1 heterocycles. The predicted molar refractivity (Wildman–Crippen MR) is 141 cm³/mol. The van der Waals surface area contributed by atoms with Gasteiger partial charge in [-0.05, 0) is 73.4 Å². The second-order valence-corrected chi connectivity index (χ2v) is 10.3. The van der Waals surface area contributed by atoms with Gasteiger partial charge in [0.25, 0.3) is 5.91 Å². The van der Waals surface area contributed by atoms with Crippen LogP contribution >= 0.6 is 11.8 Å². The van der Waals surface area contributed by atoms with E-state index in [0.717, 1.165) is 9.79 Å². The Morgan fingerprint density at radius 2 is 1.62 bits per heavy atom. The van der Waals surface area contributed by atoms with Gasteiger partial charge in [0.05, 0.1) is 22.4 Å². The first-order valence-electron chi connectivity index (χ1n) is 12.4. The van der Waals surface area contributed by atoms with Crippen LogP contribution in [0, 0.1) is 0 Å². The molecule has 4 rings (SSSR count). The van der Waals surface area contributed by atoms with E-state index in [0.29, 0.717) is 48.0 Å². The number of rotatable bonds is 7. The van der Waals surface area contributed by atoms with Crippen molar-refractivity contribution in [1.82, 2.24) is 5.32 Å². The number of hydrogen-bond acceptors (Lipinski definition) is 3. The van der Waals surface area contributed by atoms with Gasteiger partial charge in [-0.1, -0.05) is 30.3 Å². The summed E-state index contributed by atoms with van der Waals surface area (Å²) >= 11 is 1.45. The molecule has 0 radical (unpaired) electrons. The van der Waals surface area contributed by atoms with Crippen LogP contribution in [-0.4, -0.2) is 25.5 Å². The number of nitrogens with zero attached hydrogens (tertiary/aromatic N) is 1. The third-order valence-corrected chi connectivity index (χ3v) is 7.51. The second-order valence-electron chi connectivity index (χ2n) is 9.20. The van der Waals surface area contributed by atoms with Gasteiger partial charge >= 0.3 is 18.4 Å². The fourth-order valence-corrected chi connectivity index (χ4v) is 5.42. The monoisotopic (exact) mass is 581 g/mol. The molecule has 0 saturated heterocycles. The zero-order chi connectivity index (χ0) is 29.1. The Morgan fingerprint density at radius 3 is 2.35 bits per heavy atom. The van der Waals surface area contributed by atoms with Crippen molar-refractivity contribution in [2.75, 3.05) is 23.8 Å². The Kier molecular flexibility index (Phi) is 8.67. The summed E-state index contributed by atoms with van der Waals surface area (Å²) in [6, 6.07) is 13.5. The lowest BCUT2D eigenvalue weighted by Crippen LogP contribution is -2.30. The average Bonchev–Trinajstić information content (AvgIpc) is 2.99. The third kappa shape index (κ3) is 6.90. The molecule has 212 valence electrons. The second kappa shape index (κ2) is 11.8. The van der Waals surface area contributed by atoms with Crippen LogP contribution in [0.1, 0.15) is 46.3 Å². The molecule has 2 N–H and O–H groups in total. The van der Waals surface area contributed by atoms with Gasteiger partial charge in [0.1, 0.15) is 0 Å². The van der Waals surface area contributed by atoms with Crippen LogP contribution in [0.25, 0.3) is 0 Å². The van der Waals surface area contributed by atoms with Gasteiger partial charge in [-0.3, -0.25) is 4.79 Å². The fraction of sp³-hybridized carbons (Fsp3) is 0.286. The topological polar surface area (TPSA) is 61.4 Å². The number of fused-ring (bicyclic) bond motifs is 2. The number of anilines is 2. The molecule has 0 unspecified atom stereocenters. The van der Waals surface area contributed by atoms with Crippen LogP contribution in [0.2, 0.25) is 0 Å². The van der Waals surface area contributed by atoms with E-state index < -0.39 is 35.1 Å². The highest BCUT2D eigenvalue weighted by Crippen LogP contribution is 2.42. The minimum Gasteiger partial charge on any atom is -0.338 e. The van der Waals surface area contributed by atoms with Crippen LogP contribution in [0.5, 0.6) is 0 Å². The molecular formula is C28H25F6N3O2S. The van der Waals surface area contributed by atoms with E-state index in [2.05, 4.69) is 10.6 Å². The normalized spacial score (nSPS) is 13.4. The summed E-state index contributed by atoms with van der Waals surface area (Å²) in [6.45, 7) is 0.217. The molecule has 5 nitrogen and oxygen atoms in total. The van der Waals surface area contributed by atoms with Gasteiger partial charge in [0, 0.05) is 29.1 Å². The number of hydrogen-bond donors (Lipinski definition) is 2. The molecule has 1 aliphatic heterocycles. The summed E-state index contributed by atoms with van der Waals surface area (Å²) in [5, 5.41) is 5.36. The lowest BCUT2D eigenvalue weighted by Gasteiger charge is -2.18. The largest absolute Gasteiger partial charge is 0.416 e. The highest BCUT2D eigenvalue weighted by atomic mass is 32.2. The maximum Gasteiger partial charge on any atom is 0.416 e. The summed E-state index contributed by atoms with van der Waals surface area (Å²) in [7, 11) is 1.66. The number of nitrogens with one attached hydrogen (secondary N) is 2. The Bertz CT molecular complexity index is 1410. The third-order valence-electron chi connectivity index (χ3n) is 6.37. The average molecular weight is 582 g/mol. The Morgan fingerprint density at radius 1 is 0.875 bits per heavy atom. The standard InChI is InChI=1S/C28H25F6N3O2S/c1-37-22-16-19(11-13-24(22)40-23-9-5-4-8-20(23)25(37)38)36-26(39)35-14-6-2-3-7-17-15-18(27(29,30)31)10-12-21(17)28(32,33)34/h4-5,8-13,15-16H,2-3,6-7,14H2,1H3,(H2,35,36,39). The van der Waals surface area contributed by atoms with Gasteiger partial charge in [-0.15, -0.1) is 0 Å². The number of amides is 3. The van der Waals surface area contributed by atoms with Crippen molar-refractivity contribution in [2.45, 2.75) is 47.8 Å². The zero-order valence-corrected chi connectivity index (χ0v) is 22.1. The summed E-state index contributed by atoms with van der Waals surface area (Å²) in [6.07, 6.45) is -8.61. The van der Waals surface area contributed by atoms with E-state index >= 15 is 0 Å². The molecule has 0 aromatic heterocycles. The van der Waals surface area contributed by atoms with E-state index in [9.17, 15) is 35.9 Å².